The van der Waals surface area contributed by atoms with Gasteiger partial charge in [-0.15, -0.1) is 0 Å². The summed E-state index contributed by atoms with van der Waals surface area (Å²) in [6.45, 7) is 3.82. The van der Waals surface area contributed by atoms with Gasteiger partial charge in [-0.2, -0.15) is 10.2 Å². The maximum absolute atomic E-state index is 13.2. The molecule has 13 rings (SSSR count). The quantitative estimate of drug-likeness (QED) is 0.144. The Morgan fingerprint density at radius 2 is 1.22 bits per heavy atom. The van der Waals surface area contributed by atoms with Crippen LogP contribution in [-0.2, 0) is 22.6 Å². The highest BCUT2D eigenvalue weighted by molar-refractivity contribution is 5.95. The van der Waals surface area contributed by atoms with Crippen LogP contribution in [0.5, 0.6) is 0 Å². The van der Waals surface area contributed by atoms with Gasteiger partial charge in [0.25, 0.3) is 5.91 Å². The second kappa shape index (κ2) is 17.2. The summed E-state index contributed by atoms with van der Waals surface area (Å²) in [5.41, 5.74) is 8.17. The average Bonchev–Trinajstić information content (AvgIpc) is 4.23. The van der Waals surface area contributed by atoms with Gasteiger partial charge in [0.15, 0.2) is 0 Å². The number of ether oxygens (including phenoxy) is 2. The summed E-state index contributed by atoms with van der Waals surface area (Å²) in [7, 11) is 0. The topological polar surface area (TPSA) is 84.3 Å². The summed E-state index contributed by atoms with van der Waals surface area (Å²) in [6, 6.07) is 28.6. The molecule has 2 saturated carbocycles. The molecule has 10 heteroatoms. The third-order valence-corrected chi connectivity index (χ3v) is 16.0. The van der Waals surface area contributed by atoms with Crippen LogP contribution in [0, 0.1) is 23.7 Å². The number of carbonyl (C=O) groups excluding carboxylic acids is 1. The van der Waals surface area contributed by atoms with Crippen LogP contribution in [0.4, 0.5) is 0 Å². The van der Waals surface area contributed by atoms with Crippen LogP contribution in [0.1, 0.15) is 106 Å². The van der Waals surface area contributed by atoms with Crippen LogP contribution in [0.15, 0.2) is 116 Å². The smallest absolute Gasteiger partial charge is 0.254 e. The van der Waals surface area contributed by atoms with Crippen molar-refractivity contribution in [2.24, 2.45) is 23.7 Å². The third kappa shape index (κ3) is 7.70. The van der Waals surface area contributed by atoms with Crippen molar-refractivity contribution in [2.45, 2.75) is 121 Å². The van der Waals surface area contributed by atoms with Crippen molar-refractivity contribution in [2.75, 3.05) is 13.2 Å². The lowest BCUT2D eigenvalue weighted by molar-refractivity contribution is -0.0395. The first-order chi connectivity index (χ1) is 31.6. The third-order valence-electron chi connectivity index (χ3n) is 16.0. The molecule has 8 atom stereocenters. The Labute approximate surface area is 376 Å². The summed E-state index contributed by atoms with van der Waals surface area (Å²) in [6.07, 6.45) is 28.9. The van der Waals surface area contributed by atoms with Gasteiger partial charge in [0, 0.05) is 102 Å². The van der Waals surface area contributed by atoms with Crippen LogP contribution in [0.2, 0.25) is 0 Å². The molecule has 6 fully saturated rings. The fourth-order valence-corrected chi connectivity index (χ4v) is 12.7. The van der Waals surface area contributed by atoms with Crippen molar-refractivity contribution < 1.29 is 14.3 Å². The molecule has 10 nitrogen and oxygen atoms in total. The number of rotatable bonds is 9. The van der Waals surface area contributed by atoms with Gasteiger partial charge in [-0.3, -0.25) is 4.79 Å². The highest BCUT2D eigenvalue weighted by Crippen LogP contribution is 2.49. The maximum Gasteiger partial charge on any atom is 0.254 e. The highest BCUT2D eigenvalue weighted by Gasteiger charge is 2.48. The second-order valence-corrected chi connectivity index (χ2v) is 19.9. The van der Waals surface area contributed by atoms with E-state index in [1.54, 1.807) is 0 Å². The fraction of sp³-hybridized carbons (Fsp3) is 0.463. The van der Waals surface area contributed by atoms with Crippen LogP contribution in [0.25, 0.3) is 44.1 Å². The van der Waals surface area contributed by atoms with Gasteiger partial charge in [-0.05, 0) is 160 Å². The Morgan fingerprint density at radius 3 is 1.78 bits per heavy atom. The number of hydrogen-bond donors (Lipinski definition) is 0. The molecule has 4 aromatic heterocycles. The lowest BCUT2D eigenvalue weighted by Gasteiger charge is -2.25. The van der Waals surface area contributed by atoms with Crippen molar-refractivity contribution >= 4 is 27.7 Å². The van der Waals surface area contributed by atoms with E-state index in [9.17, 15) is 4.79 Å². The zero-order valence-corrected chi connectivity index (χ0v) is 37.0. The molecular formula is C54H61N7O3. The van der Waals surface area contributed by atoms with Crippen molar-refractivity contribution in [1.29, 1.82) is 0 Å². The largest absolute Gasteiger partial charge is 0.357 e. The van der Waals surface area contributed by atoms with Crippen LogP contribution in [0.3, 0.4) is 0 Å². The summed E-state index contributed by atoms with van der Waals surface area (Å²) >= 11 is 0. The van der Waals surface area contributed by atoms with Crippen molar-refractivity contribution in [3.8, 4) is 22.3 Å². The molecular weight excluding hydrogens is 795 g/mol. The van der Waals surface area contributed by atoms with E-state index < -0.39 is 0 Å². The van der Waals surface area contributed by atoms with Crippen molar-refractivity contribution in [3.05, 3.63) is 122 Å². The summed E-state index contributed by atoms with van der Waals surface area (Å²) in [5, 5.41) is 11.7. The van der Waals surface area contributed by atoms with E-state index in [1.807, 2.05) is 52.1 Å². The summed E-state index contributed by atoms with van der Waals surface area (Å²) in [5.74, 6) is 3.60. The average molecular weight is 856 g/mol. The summed E-state index contributed by atoms with van der Waals surface area (Å²) in [4.78, 5) is 15.4. The van der Waals surface area contributed by atoms with E-state index >= 15 is 0 Å². The standard InChI is InChI=1S/C30H32N4O2.C24H29N3O/c35-30(21-6-2-1-3-7-21)34-26-10-12-28(34)24(17-26)19-32-14-13-23-16-22(9-11-27(23)32)25-18-31-33(20-25)29-8-4-5-15-36-29;1-2-10-28-24(3-1)27-16-22(14-25-27)19-6-7-23-20(13-19)8-9-26(23)15-21-12-17-4-5-18(21)11-17/h1-3,6-7,9,11,13-14,16,18,20,24,26,28-29H,4-5,8,10,12,15,17,19H2;6-9,13-14,16-18,21,24H,1-5,10-12,15H2. The summed E-state index contributed by atoms with van der Waals surface area (Å²) < 4.78 is 20.6. The SMILES string of the molecule is O=C(c1ccccc1)N1C2CCC1C(Cn1ccc3cc(-c4cnn(C5CCCCO5)c4)ccc31)C2.c1cc2c(ccn2CC2CC3CCC2C3)cc1-c1cnn(C2CCCCO2)c1. The number of aromatic nitrogens is 6. The van der Waals surface area contributed by atoms with Gasteiger partial charge >= 0.3 is 0 Å². The van der Waals surface area contributed by atoms with Crippen LogP contribution in [-0.4, -0.2) is 64.8 Å². The van der Waals surface area contributed by atoms with E-state index in [-0.39, 0.29) is 18.4 Å². The Bertz CT molecular complexity index is 2730. The maximum atomic E-state index is 13.2. The van der Waals surface area contributed by atoms with Gasteiger partial charge in [-0.1, -0.05) is 36.8 Å². The molecule has 6 aliphatic rings. The van der Waals surface area contributed by atoms with Gasteiger partial charge in [0.05, 0.1) is 12.4 Å². The molecule has 2 aliphatic carbocycles. The van der Waals surface area contributed by atoms with E-state index in [4.69, 9.17) is 9.47 Å². The fourth-order valence-electron chi connectivity index (χ4n) is 12.7. The Balaban J connectivity index is 0.000000139. The number of amides is 1. The second-order valence-electron chi connectivity index (χ2n) is 19.9. The molecule has 8 heterocycles. The monoisotopic (exact) mass is 855 g/mol. The van der Waals surface area contributed by atoms with Crippen LogP contribution >= 0.6 is 0 Å². The minimum atomic E-state index is 0.0624. The minimum absolute atomic E-state index is 0.0624. The molecule has 4 bridgehead atoms. The van der Waals surface area contributed by atoms with E-state index in [0.717, 1.165) is 87.2 Å². The van der Waals surface area contributed by atoms with Crippen molar-refractivity contribution in [1.82, 2.24) is 33.6 Å². The van der Waals surface area contributed by atoms with Gasteiger partial charge < -0.3 is 23.5 Å². The predicted octanol–water partition coefficient (Wildman–Crippen LogP) is 11.5. The molecule has 0 spiro atoms. The van der Waals surface area contributed by atoms with Crippen molar-refractivity contribution in [3.63, 3.8) is 0 Å². The number of fused-ring (bicyclic) bond motifs is 6. The normalized spacial score (nSPS) is 27.4. The molecule has 1 amide bonds. The highest BCUT2D eigenvalue weighted by atomic mass is 16.5. The first-order valence-electron chi connectivity index (χ1n) is 24.5. The van der Waals surface area contributed by atoms with Crippen LogP contribution < -0.4 is 0 Å². The zero-order valence-electron chi connectivity index (χ0n) is 37.0. The Morgan fingerprint density at radius 1 is 0.594 bits per heavy atom. The Hall–Kier alpha value is -5.45. The molecule has 0 radical (unpaired) electrons. The number of benzene rings is 3. The van der Waals surface area contributed by atoms with E-state index in [0.29, 0.717) is 18.0 Å². The first-order valence-corrected chi connectivity index (χ1v) is 24.5. The molecule has 7 aromatic rings. The zero-order chi connectivity index (χ0) is 42.6. The molecule has 8 unspecified atom stereocenters. The van der Waals surface area contributed by atoms with E-state index in [1.165, 1.54) is 90.0 Å². The van der Waals surface area contributed by atoms with E-state index in [2.05, 4.69) is 97.5 Å². The number of carbonyl (C=O) groups is 1. The lowest BCUT2D eigenvalue weighted by Crippen LogP contribution is -2.37. The van der Waals surface area contributed by atoms with Gasteiger partial charge in [0.2, 0.25) is 0 Å². The Kier molecular flexibility index (Phi) is 10.8. The predicted molar refractivity (Wildman–Crippen MR) is 250 cm³/mol. The molecule has 64 heavy (non-hydrogen) atoms. The molecule has 3 aromatic carbocycles. The molecule has 4 saturated heterocycles. The molecule has 330 valence electrons. The minimum Gasteiger partial charge on any atom is -0.357 e. The van der Waals surface area contributed by atoms with Gasteiger partial charge in [0.1, 0.15) is 12.5 Å². The lowest BCUT2D eigenvalue weighted by atomic mass is 9.89. The molecule has 0 N–H and O–H groups in total. The first kappa shape index (κ1) is 40.1. The van der Waals surface area contributed by atoms with Gasteiger partial charge in [-0.25, -0.2) is 9.36 Å². The number of hydrogen-bond acceptors (Lipinski definition) is 5. The number of nitrogens with zero attached hydrogens (tertiary/aromatic N) is 7. The molecule has 4 aliphatic heterocycles.